The topological polar surface area (TPSA) is 101 Å². The molecule has 1 fully saturated rings. The summed E-state index contributed by atoms with van der Waals surface area (Å²) in [4.78, 5) is 13.4. The molecular formula is C13H18N2O4S. The Bertz CT molecular complexity index is 607. The molecule has 0 unspecified atom stereocenters. The van der Waals surface area contributed by atoms with Gasteiger partial charge in [0.05, 0.1) is 10.5 Å². The summed E-state index contributed by atoms with van der Waals surface area (Å²) in [5.74, 6) is -1.05. The van der Waals surface area contributed by atoms with Crippen molar-refractivity contribution in [3.63, 3.8) is 0 Å². The van der Waals surface area contributed by atoms with Gasteiger partial charge in [0.25, 0.3) is 0 Å². The molecular weight excluding hydrogens is 280 g/mol. The molecule has 0 saturated carbocycles. The third kappa shape index (κ3) is 3.56. The standard InChI is InChI=1S/C13H18N2O4S/c14-20(18,19)11-3-4-12(13(16)17)10(9-11)5-8-15-6-1-2-7-15/h3-4,9H,1-2,5-8H2,(H,16,17)(H2,14,18,19). The quantitative estimate of drug-likeness (QED) is 0.832. The van der Waals surface area contributed by atoms with Crippen molar-refractivity contribution in [3.05, 3.63) is 29.3 Å². The first-order valence-corrected chi connectivity index (χ1v) is 8.04. The number of hydrogen-bond acceptors (Lipinski definition) is 4. The maximum atomic E-state index is 11.3. The predicted molar refractivity (Wildman–Crippen MR) is 74.2 cm³/mol. The van der Waals surface area contributed by atoms with Gasteiger partial charge in [-0.2, -0.15) is 0 Å². The normalized spacial score (nSPS) is 16.4. The predicted octanol–water partition coefficient (Wildman–Crippen LogP) is 0.671. The molecule has 7 heteroatoms. The fourth-order valence-corrected chi connectivity index (χ4v) is 3.01. The van der Waals surface area contributed by atoms with E-state index in [-0.39, 0.29) is 10.5 Å². The Morgan fingerprint density at radius 1 is 1.30 bits per heavy atom. The van der Waals surface area contributed by atoms with Gasteiger partial charge in [-0.15, -0.1) is 0 Å². The van der Waals surface area contributed by atoms with Crippen LogP contribution in [-0.4, -0.2) is 44.0 Å². The van der Waals surface area contributed by atoms with Crippen molar-refractivity contribution in [3.8, 4) is 0 Å². The molecule has 2 rings (SSSR count). The number of benzene rings is 1. The van der Waals surface area contributed by atoms with Crippen LogP contribution in [0, 0.1) is 0 Å². The van der Waals surface area contributed by atoms with Crippen molar-refractivity contribution >= 4 is 16.0 Å². The lowest BCUT2D eigenvalue weighted by molar-refractivity contribution is 0.0695. The van der Waals surface area contributed by atoms with Gasteiger partial charge in [0, 0.05) is 6.54 Å². The maximum absolute atomic E-state index is 11.3. The lowest BCUT2D eigenvalue weighted by atomic mass is 10.0. The van der Waals surface area contributed by atoms with E-state index in [9.17, 15) is 13.2 Å². The number of nitrogens with zero attached hydrogens (tertiary/aromatic N) is 1. The molecule has 20 heavy (non-hydrogen) atoms. The Hall–Kier alpha value is -1.44. The average Bonchev–Trinajstić information content (AvgIpc) is 2.87. The summed E-state index contributed by atoms with van der Waals surface area (Å²) in [7, 11) is -3.81. The van der Waals surface area contributed by atoms with E-state index >= 15 is 0 Å². The number of nitrogens with two attached hydrogens (primary N) is 1. The highest BCUT2D eigenvalue weighted by molar-refractivity contribution is 7.89. The van der Waals surface area contributed by atoms with Crippen LogP contribution in [0.15, 0.2) is 23.1 Å². The SMILES string of the molecule is NS(=O)(=O)c1ccc(C(=O)O)c(CCN2CCCC2)c1. The molecule has 0 radical (unpaired) electrons. The molecule has 0 amide bonds. The van der Waals surface area contributed by atoms with Crippen molar-refractivity contribution in [2.75, 3.05) is 19.6 Å². The van der Waals surface area contributed by atoms with Gasteiger partial charge in [0.2, 0.25) is 10.0 Å². The number of hydrogen-bond donors (Lipinski definition) is 2. The number of carbonyl (C=O) groups is 1. The Morgan fingerprint density at radius 2 is 1.95 bits per heavy atom. The van der Waals surface area contributed by atoms with Crippen molar-refractivity contribution < 1.29 is 18.3 Å². The number of aromatic carboxylic acids is 1. The molecule has 1 aliphatic heterocycles. The van der Waals surface area contributed by atoms with E-state index in [0.717, 1.165) is 32.5 Å². The minimum Gasteiger partial charge on any atom is -0.478 e. The van der Waals surface area contributed by atoms with Gasteiger partial charge in [0.15, 0.2) is 0 Å². The van der Waals surface area contributed by atoms with E-state index in [4.69, 9.17) is 10.2 Å². The maximum Gasteiger partial charge on any atom is 0.335 e. The summed E-state index contributed by atoms with van der Waals surface area (Å²) in [5.41, 5.74) is 0.646. The number of carboxylic acids is 1. The van der Waals surface area contributed by atoms with Crippen LogP contribution in [0.25, 0.3) is 0 Å². The van der Waals surface area contributed by atoms with Crippen LogP contribution >= 0.6 is 0 Å². The highest BCUT2D eigenvalue weighted by Crippen LogP contribution is 2.17. The van der Waals surface area contributed by atoms with Crippen LogP contribution in [0.4, 0.5) is 0 Å². The van der Waals surface area contributed by atoms with E-state index in [0.29, 0.717) is 12.0 Å². The van der Waals surface area contributed by atoms with Crippen LogP contribution < -0.4 is 5.14 Å². The molecule has 1 heterocycles. The first kappa shape index (κ1) is 15.0. The summed E-state index contributed by atoms with van der Waals surface area (Å²) >= 11 is 0. The lowest BCUT2D eigenvalue weighted by Gasteiger charge is -2.15. The molecule has 1 aliphatic rings. The monoisotopic (exact) mass is 298 g/mol. The van der Waals surface area contributed by atoms with Crippen LogP contribution in [0.2, 0.25) is 0 Å². The largest absolute Gasteiger partial charge is 0.478 e. The molecule has 0 spiro atoms. The van der Waals surface area contributed by atoms with Gasteiger partial charge in [-0.1, -0.05) is 0 Å². The van der Waals surface area contributed by atoms with E-state index < -0.39 is 16.0 Å². The Morgan fingerprint density at radius 3 is 2.50 bits per heavy atom. The van der Waals surface area contributed by atoms with Crippen LogP contribution in [0.1, 0.15) is 28.8 Å². The average molecular weight is 298 g/mol. The summed E-state index contributed by atoms with van der Waals surface area (Å²) in [6, 6.07) is 3.91. The highest BCUT2D eigenvalue weighted by atomic mass is 32.2. The molecule has 0 aliphatic carbocycles. The third-order valence-electron chi connectivity index (χ3n) is 3.53. The molecule has 0 atom stereocenters. The number of carboxylic acid groups (broad SMARTS) is 1. The molecule has 1 aromatic rings. The van der Waals surface area contributed by atoms with Crippen molar-refractivity contribution in [1.82, 2.24) is 4.90 Å². The Kier molecular flexibility index (Phi) is 4.42. The first-order valence-electron chi connectivity index (χ1n) is 6.49. The van der Waals surface area contributed by atoms with Gasteiger partial charge in [-0.05, 0) is 56.1 Å². The van der Waals surface area contributed by atoms with Gasteiger partial charge in [-0.3, -0.25) is 0 Å². The second kappa shape index (κ2) is 5.90. The number of primary sulfonamides is 1. The number of rotatable bonds is 5. The zero-order valence-corrected chi connectivity index (χ0v) is 11.9. The van der Waals surface area contributed by atoms with E-state index in [2.05, 4.69) is 4.90 Å². The van der Waals surface area contributed by atoms with Crippen molar-refractivity contribution in [2.45, 2.75) is 24.2 Å². The van der Waals surface area contributed by atoms with Gasteiger partial charge >= 0.3 is 5.97 Å². The second-order valence-corrected chi connectivity index (χ2v) is 6.53. The fourth-order valence-electron chi connectivity index (χ4n) is 2.45. The fraction of sp³-hybridized carbons (Fsp3) is 0.462. The molecule has 6 nitrogen and oxygen atoms in total. The minimum atomic E-state index is -3.81. The minimum absolute atomic E-state index is 0.0427. The second-order valence-electron chi connectivity index (χ2n) is 4.97. The van der Waals surface area contributed by atoms with Crippen LogP contribution in [-0.2, 0) is 16.4 Å². The summed E-state index contributed by atoms with van der Waals surface area (Å²) in [5, 5.41) is 14.2. The Labute approximate surface area is 118 Å². The number of likely N-dealkylation sites (tertiary alicyclic amines) is 1. The first-order chi connectivity index (χ1) is 9.38. The molecule has 3 N–H and O–H groups in total. The molecule has 1 saturated heterocycles. The van der Waals surface area contributed by atoms with Gasteiger partial charge in [-0.25, -0.2) is 18.4 Å². The van der Waals surface area contributed by atoms with E-state index in [1.54, 1.807) is 0 Å². The third-order valence-corrected chi connectivity index (χ3v) is 4.44. The molecule has 0 aromatic heterocycles. The van der Waals surface area contributed by atoms with Crippen molar-refractivity contribution in [2.24, 2.45) is 5.14 Å². The van der Waals surface area contributed by atoms with Crippen molar-refractivity contribution in [1.29, 1.82) is 0 Å². The van der Waals surface area contributed by atoms with Crippen LogP contribution in [0.3, 0.4) is 0 Å². The Balaban J connectivity index is 2.24. The summed E-state index contributed by atoms with van der Waals surface area (Å²) < 4.78 is 22.7. The lowest BCUT2D eigenvalue weighted by Crippen LogP contribution is -2.23. The smallest absolute Gasteiger partial charge is 0.335 e. The zero-order valence-electron chi connectivity index (χ0n) is 11.1. The molecule has 0 bridgehead atoms. The summed E-state index contributed by atoms with van der Waals surface area (Å²) in [6.45, 7) is 2.75. The van der Waals surface area contributed by atoms with E-state index in [1.807, 2.05) is 0 Å². The summed E-state index contributed by atoms with van der Waals surface area (Å²) in [6.07, 6.45) is 2.82. The molecule has 1 aromatic carbocycles. The van der Waals surface area contributed by atoms with Crippen LogP contribution in [0.5, 0.6) is 0 Å². The zero-order chi connectivity index (χ0) is 14.8. The number of sulfonamides is 1. The highest BCUT2D eigenvalue weighted by Gasteiger charge is 2.17. The van der Waals surface area contributed by atoms with Gasteiger partial charge < -0.3 is 10.0 Å². The van der Waals surface area contributed by atoms with E-state index in [1.165, 1.54) is 18.2 Å². The molecule has 110 valence electrons. The van der Waals surface area contributed by atoms with Gasteiger partial charge in [0.1, 0.15) is 0 Å².